The molecule has 1 N–H and O–H groups in total. The average molecular weight is 431 g/mol. The van der Waals surface area contributed by atoms with Gasteiger partial charge in [0.2, 0.25) is 5.71 Å². The summed E-state index contributed by atoms with van der Waals surface area (Å²) in [5, 5.41) is 12.6. The van der Waals surface area contributed by atoms with Gasteiger partial charge in [0.05, 0.1) is 5.60 Å². The van der Waals surface area contributed by atoms with Crippen LogP contribution in [-0.4, -0.2) is 40.7 Å². The molecule has 2 bridgehead atoms. The Balaban J connectivity index is 1.13. The van der Waals surface area contributed by atoms with Crippen LogP contribution in [0.3, 0.4) is 0 Å². The minimum Gasteiger partial charge on any atom is -0.443 e. The van der Waals surface area contributed by atoms with Crippen molar-refractivity contribution in [2.45, 2.75) is 51.0 Å². The molecule has 3 unspecified atom stereocenters. The van der Waals surface area contributed by atoms with Gasteiger partial charge in [0.15, 0.2) is 0 Å². The highest BCUT2D eigenvalue weighted by molar-refractivity contribution is 5.74. The van der Waals surface area contributed by atoms with Crippen molar-refractivity contribution in [3.63, 3.8) is 0 Å². The summed E-state index contributed by atoms with van der Waals surface area (Å²) in [5.41, 5.74) is 4.22. The summed E-state index contributed by atoms with van der Waals surface area (Å²) < 4.78 is 5.57. The maximum atomic E-state index is 11.5. The van der Waals surface area contributed by atoms with E-state index >= 15 is 0 Å². The van der Waals surface area contributed by atoms with Crippen LogP contribution in [0.25, 0.3) is 16.7 Å². The smallest absolute Gasteiger partial charge is 0.226 e. The van der Waals surface area contributed by atoms with Crippen LogP contribution in [0.4, 0.5) is 0 Å². The Bertz CT molecular complexity index is 1100. The van der Waals surface area contributed by atoms with Crippen molar-refractivity contribution < 1.29 is 9.52 Å². The van der Waals surface area contributed by atoms with Gasteiger partial charge < -0.3 is 14.4 Å². The van der Waals surface area contributed by atoms with E-state index in [9.17, 15) is 5.11 Å². The fourth-order valence-corrected chi connectivity index (χ4v) is 5.73. The third-order valence-corrected chi connectivity index (χ3v) is 7.53. The van der Waals surface area contributed by atoms with Gasteiger partial charge >= 0.3 is 0 Å². The maximum absolute atomic E-state index is 11.5. The normalized spacial score (nSPS) is 24.9. The van der Waals surface area contributed by atoms with E-state index in [-0.39, 0.29) is 5.92 Å². The number of fused-ring (bicyclic) bond motifs is 3. The van der Waals surface area contributed by atoms with Crippen molar-refractivity contribution in [2.24, 2.45) is 11.8 Å². The van der Waals surface area contributed by atoms with Gasteiger partial charge in [0.1, 0.15) is 5.76 Å². The fraction of sp³-hybridized carbons (Fsp3) is 0.464. The lowest BCUT2D eigenvalue weighted by Crippen LogP contribution is -2.48. The van der Waals surface area contributed by atoms with E-state index in [0.29, 0.717) is 5.92 Å². The van der Waals surface area contributed by atoms with Crippen molar-refractivity contribution >= 4 is 16.7 Å². The zero-order chi connectivity index (χ0) is 22.1. The van der Waals surface area contributed by atoms with Crippen molar-refractivity contribution in [1.82, 2.24) is 9.88 Å². The number of pyridine rings is 1. The topological polar surface area (TPSA) is 49.5 Å². The summed E-state index contributed by atoms with van der Waals surface area (Å²) in [6.07, 6.45) is 10.5. The number of aryl methyl sites for hydroxylation is 2. The first-order valence-electron chi connectivity index (χ1n) is 12.0. The van der Waals surface area contributed by atoms with E-state index in [2.05, 4.69) is 59.4 Å². The number of hydrogen-bond donors (Lipinski definition) is 1. The minimum absolute atomic E-state index is 0.285. The third-order valence-electron chi connectivity index (χ3n) is 7.53. The molecule has 6 rings (SSSR count). The molecular formula is C28H34N2O2. The third kappa shape index (κ3) is 4.39. The minimum atomic E-state index is -0.552. The van der Waals surface area contributed by atoms with Crippen LogP contribution in [0.2, 0.25) is 0 Å². The Hall–Kier alpha value is -2.43. The second-order valence-corrected chi connectivity index (χ2v) is 9.93. The maximum Gasteiger partial charge on any atom is 0.226 e. The molecule has 1 saturated carbocycles. The number of nitrogens with zero attached hydrogens (tertiary/aromatic N) is 2. The highest BCUT2D eigenvalue weighted by Gasteiger charge is 2.46. The Morgan fingerprint density at radius 2 is 2.00 bits per heavy atom. The van der Waals surface area contributed by atoms with Gasteiger partial charge in [-0.25, -0.2) is 4.98 Å². The predicted octanol–water partition coefficient (Wildman–Crippen LogP) is 5.64. The Labute approximate surface area is 191 Å². The molecule has 0 saturated heterocycles. The lowest BCUT2D eigenvalue weighted by molar-refractivity contribution is -0.0574. The zero-order valence-electron chi connectivity index (χ0n) is 19.3. The first-order chi connectivity index (χ1) is 15.5. The van der Waals surface area contributed by atoms with E-state index in [0.717, 1.165) is 62.1 Å². The van der Waals surface area contributed by atoms with E-state index in [1.165, 1.54) is 23.1 Å². The van der Waals surface area contributed by atoms with Gasteiger partial charge in [-0.05, 0) is 93.8 Å². The molecule has 0 aliphatic heterocycles. The van der Waals surface area contributed by atoms with Crippen LogP contribution in [0.1, 0.15) is 49.0 Å². The predicted molar refractivity (Wildman–Crippen MR) is 129 cm³/mol. The molecule has 3 atom stereocenters. The lowest BCUT2D eigenvalue weighted by Gasteiger charge is -2.48. The van der Waals surface area contributed by atoms with E-state index in [1.807, 2.05) is 19.2 Å². The monoisotopic (exact) mass is 430 g/mol. The molecule has 1 fully saturated rings. The second-order valence-electron chi connectivity index (χ2n) is 9.93. The first-order valence-corrected chi connectivity index (χ1v) is 12.0. The van der Waals surface area contributed by atoms with Crippen molar-refractivity contribution in [3.8, 4) is 0 Å². The first kappa shape index (κ1) is 21.4. The molecular weight excluding hydrogens is 396 g/mol. The molecule has 3 aliphatic rings. The Kier molecular flexibility index (Phi) is 5.92. The molecule has 32 heavy (non-hydrogen) atoms. The van der Waals surface area contributed by atoms with Crippen LogP contribution in [0.15, 0.2) is 59.2 Å². The number of furan rings is 1. The standard InChI is InChI=1S/C28H34N2O2/c1-20-15-24-16-21(19-29-27(24)32-20)7-6-13-30(2)14-12-28(31)18-23-10-11-25(28)17-26(23)22-8-4-3-5-9-22/h3-5,8-9,15-17,19,23,25,31H,6-7,10-14,18H2,1-2H3. The van der Waals surface area contributed by atoms with E-state index in [4.69, 9.17) is 4.42 Å². The largest absolute Gasteiger partial charge is 0.443 e. The molecule has 2 heterocycles. The second kappa shape index (κ2) is 8.84. The molecule has 168 valence electrons. The number of aliphatic hydroxyl groups is 1. The van der Waals surface area contributed by atoms with Gasteiger partial charge in [-0.15, -0.1) is 0 Å². The molecule has 3 aromatic rings. The summed E-state index contributed by atoms with van der Waals surface area (Å²) in [4.78, 5) is 6.81. The van der Waals surface area contributed by atoms with Crippen LogP contribution in [-0.2, 0) is 6.42 Å². The van der Waals surface area contributed by atoms with Crippen molar-refractivity contribution in [3.05, 3.63) is 71.6 Å². The highest BCUT2D eigenvalue weighted by atomic mass is 16.3. The van der Waals surface area contributed by atoms with Gasteiger partial charge in [0.25, 0.3) is 0 Å². The fourth-order valence-electron chi connectivity index (χ4n) is 5.73. The highest BCUT2D eigenvalue weighted by Crippen LogP contribution is 2.51. The molecule has 0 spiro atoms. The molecule has 4 nitrogen and oxygen atoms in total. The molecule has 0 amide bonds. The molecule has 1 aromatic carbocycles. The number of hydrogen-bond acceptors (Lipinski definition) is 4. The van der Waals surface area contributed by atoms with Gasteiger partial charge in [-0.2, -0.15) is 0 Å². The van der Waals surface area contributed by atoms with Crippen LogP contribution in [0, 0.1) is 18.8 Å². The quantitative estimate of drug-likeness (QED) is 0.503. The number of rotatable bonds is 8. The van der Waals surface area contributed by atoms with Gasteiger partial charge in [-0.1, -0.05) is 36.4 Å². The number of aromatic nitrogens is 1. The summed E-state index contributed by atoms with van der Waals surface area (Å²) in [6, 6.07) is 15.0. The molecule has 0 radical (unpaired) electrons. The van der Waals surface area contributed by atoms with Gasteiger partial charge in [-0.3, -0.25) is 0 Å². The number of benzene rings is 1. The summed E-state index contributed by atoms with van der Waals surface area (Å²) >= 11 is 0. The summed E-state index contributed by atoms with van der Waals surface area (Å²) in [7, 11) is 2.18. The lowest BCUT2D eigenvalue weighted by atomic mass is 9.61. The van der Waals surface area contributed by atoms with E-state index < -0.39 is 5.60 Å². The molecule has 4 heteroatoms. The number of allylic oxidation sites excluding steroid dienone is 1. The summed E-state index contributed by atoms with van der Waals surface area (Å²) in [6.45, 7) is 3.92. The Morgan fingerprint density at radius 3 is 2.78 bits per heavy atom. The van der Waals surface area contributed by atoms with Crippen molar-refractivity contribution in [2.75, 3.05) is 20.1 Å². The molecule has 2 aromatic heterocycles. The average Bonchev–Trinajstić information content (AvgIpc) is 3.18. The SMILES string of the molecule is Cc1cc2cc(CCCN(C)CCC3(O)CC4CCC3C=C4c3ccccc3)cnc2o1. The van der Waals surface area contributed by atoms with Crippen LogP contribution < -0.4 is 0 Å². The Morgan fingerprint density at radius 1 is 1.16 bits per heavy atom. The van der Waals surface area contributed by atoms with Crippen molar-refractivity contribution in [1.29, 1.82) is 0 Å². The van der Waals surface area contributed by atoms with E-state index in [1.54, 1.807) is 0 Å². The van der Waals surface area contributed by atoms with Gasteiger partial charge in [0, 0.05) is 24.0 Å². The zero-order valence-corrected chi connectivity index (χ0v) is 19.3. The van der Waals surface area contributed by atoms with Crippen LogP contribution in [0.5, 0.6) is 0 Å². The molecule has 3 aliphatic carbocycles. The van der Waals surface area contributed by atoms with Crippen LogP contribution >= 0.6 is 0 Å². The summed E-state index contributed by atoms with van der Waals surface area (Å²) in [5.74, 6) is 1.68.